The first kappa shape index (κ1) is 39.4. The van der Waals surface area contributed by atoms with Crippen molar-refractivity contribution in [3.8, 4) is 0 Å². The van der Waals surface area contributed by atoms with E-state index in [1.807, 2.05) is 0 Å². The number of aliphatic hydroxyl groups is 2. The number of aliphatic hydroxyl groups excluding tert-OH is 2. The second-order valence-electron chi connectivity index (χ2n) is 11.6. The number of hydrogen-bond donors (Lipinski definition) is 4. The number of rotatable bonds is 25. The maximum absolute atomic E-state index is 12.4. The minimum absolute atomic E-state index is 0.0423. The van der Waals surface area contributed by atoms with Gasteiger partial charge in [0, 0.05) is 31.1 Å². The number of hydrogen-bond acceptors (Lipinski definition) is 9. The van der Waals surface area contributed by atoms with E-state index in [4.69, 9.17) is 19.3 Å². The lowest BCUT2D eigenvalue weighted by atomic mass is 9.88. The molecule has 1 aliphatic rings. The van der Waals surface area contributed by atoms with Crippen LogP contribution in [0.5, 0.6) is 0 Å². The summed E-state index contributed by atoms with van der Waals surface area (Å²) >= 11 is 0. The first-order chi connectivity index (χ1) is 20.5. The molecule has 0 aromatic rings. The molecule has 0 bridgehead atoms. The molecule has 4 N–H and O–H groups in total. The number of ether oxygens (including phenoxy) is 2. The first-order valence-electron chi connectivity index (χ1n) is 16.1. The van der Waals surface area contributed by atoms with Gasteiger partial charge in [-0.15, -0.1) is 0 Å². The number of phosphoric ester groups is 1. The van der Waals surface area contributed by atoms with Crippen molar-refractivity contribution in [3.63, 3.8) is 0 Å². The van der Waals surface area contributed by atoms with Crippen LogP contribution in [-0.2, 0) is 32.9 Å². The molecule has 12 heteroatoms. The lowest BCUT2D eigenvalue weighted by Gasteiger charge is -2.18. The van der Waals surface area contributed by atoms with Gasteiger partial charge in [0.15, 0.2) is 6.10 Å². The van der Waals surface area contributed by atoms with Crippen LogP contribution in [0.25, 0.3) is 0 Å². The number of ketones is 1. The molecule has 0 aromatic carbocycles. The highest BCUT2D eigenvalue weighted by molar-refractivity contribution is 7.46. The molecule has 0 aromatic heterocycles. The summed E-state index contributed by atoms with van der Waals surface area (Å²) in [7, 11) is -4.79. The molecule has 43 heavy (non-hydrogen) atoms. The van der Waals surface area contributed by atoms with Crippen LogP contribution >= 0.6 is 7.82 Å². The van der Waals surface area contributed by atoms with Crippen molar-refractivity contribution in [3.05, 3.63) is 12.2 Å². The molecule has 0 heterocycles. The molecule has 0 radical (unpaired) electrons. The zero-order valence-electron chi connectivity index (χ0n) is 26.1. The second kappa shape index (κ2) is 22.8. The lowest BCUT2D eigenvalue weighted by molar-refractivity contribution is -0.161. The smallest absolute Gasteiger partial charge is 0.462 e. The molecule has 1 rings (SSSR count). The number of phosphoric acid groups is 1. The van der Waals surface area contributed by atoms with Gasteiger partial charge in [-0.05, 0) is 25.7 Å². The quantitative estimate of drug-likeness (QED) is 0.0443. The highest BCUT2D eigenvalue weighted by Gasteiger charge is 2.39. The second-order valence-corrected chi connectivity index (χ2v) is 12.8. The van der Waals surface area contributed by atoms with E-state index >= 15 is 0 Å². The molecule has 0 unspecified atom stereocenters. The average molecular weight is 635 g/mol. The molecule has 250 valence electrons. The number of Topliss-reactive ketones (excluding diaryl/α,β-unsaturated/α-hetero) is 1. The summed E-state index contributed by atoms with van der Waals surface area (Å²) in [6.45, 7) is 3.23. The Labute approximate surface area is 257 Å². The average Bonchev–Trinajstić information content (AvgIpc) is 3.21. The van der Waals surface area contributed by atoms with E-state index in [0.717, 1.165) is 64.2 Å². The first-order valence-corrected chi connectivity index (χ1v) is 17.6. The summed E-state index contributed by atoms with van der Waals surface area (Å²) in [5.41, 5.74) is 0. The summed E-state index contributed by atoms with van der Waals surface area (Å²) in [6.07, 6.45) is 13.4. The Morgan fingerprint density at radius 3 is 2.16 bits per heavy atom. The van der Waals surface area contributed by atoms with Crippen LogP contribution in [0.2, 0.25) is 0 Å². The van der Waals surface area contributed by atoms with Crippen LogP contribution in [-0.4, -0.2) is 69.2 Å². The van der Waals surface area contributed by atoms with Crippen LogP contribution in [0, 0.1) is 11.8 Å². The summed E-state index contributed by atoms with van der Waals surface area (Å²) in [6, 6.07) is 0. The summed E-state index contributed by atoms with van der Waals surface area (Å²) in [5, 5.41) is 20.5. The van der Waals surface area contributed by atoms with E-state index in [2.05, 4.69) is 18.4 Å². The van der Waals surface area contributed by atoms with Crippen molar-refractivity contribution < 1.29 is 52.9 Å². The molecule has 11 nitrogen and oxygen atoms in total. The molecular weight excluding hydrogens is 579 g/mol. The molecule has 0 aliphatic heterocycles. The SMILES string of the molecule is CCCCCCCC(=O)O[C@H](COC(=O)CCCCCC[C@H]1C(=O)C[C@@H](O)[C@@H]1/C=C/[C@@H](O)CCCCC)COP(=O)(O)O. The standard InChI is InChI=1S/C31H55O11P/c1-3-5-7-8-14-18-31(36)42-25(23-41-43(37,38)39)22-40-30(35)17-13-10-9-12-16-26-27(29(34)21-28(26)33)20-19-24(32)15-11-6-4-2/h19-20,24-27,29,32,34H,3-18,21-23H2,1-2H3,(H2,37,38,39)/b20-19+/t24-,25+,26+,27+,29+/m0/s1. The Bertz CT molecular complexity index is 872. The van der Waals surface area contributed by atoms with Crippen molar-refractivity contribution >= 4 is 25.5 Å². The monoisotopic (exact) mass is 634 g/mol. The zero-order chi connectivity index (χ0) is 32.1. The topological polar surface area (TPSA) is 177 Å². The minimum Gasteiger partial charge on any atom is -0.462 e. The number of esters is 2. The van der Waals surface area contributed by atoms with Crippen molar-refractivity contribution in [1.29, 1.82) is 0 Å². The Hall–Kier alpha value is -1.62. The summed E-state index contributed by atoms with van der Waals surface area (Å²) in [4.78, 5) is 54.8. The molecule has 1 fully saturated rings. The number of unbranched alkanes of at least 4 members (excludes halogenated alkanes) is 9. The maximum atomic E-state index is 12.4. The van der Waals surface area contributed by atoms with Crippen LogP contribution in [0.1, 0.15) is 123 Å². The van der Waals surface area contributed by atoms with Gasteiger partial charge < -0.3 is 29.5 Å². The van der Waals surface area contributed by atoms with Gasteiger partial charge in [0.1, 0.15) is 12.4 Å². The molecule has 1 aliphatic carbocycles. The largest absolute Gasteiger partial charge is 0.469 e. The van der Waals surface area contributed by atoms with Crippen LogP contribution in [0.3, 0.4) is 0 Å². The Kier molecular flexibility index (Phi) is 20.9. The summed E-state index contributed by atoms with van der Waals surface area (Å²) < 4.78 is 26.0. The predicted molar refractivity (Wildman–Crippen MR) is 162 cm³/mol. The Morgan fingerprint density at radius 1 is 0.907 bits per heavy atom. The fourth-order valence-corrected chi connectivity index (χ4v) is 5.57. The fraction of sp³-hybridized carbons (Fsp3) is 0.839. The molecular formula is C31H55O11P. The highest BCUT2D eigenvalue weighted by atomic mass is 31.2. The van der Waals surface area contributed by atoms with Crippen molar-refractivity contribution in [2.75, 3.05) is 13.2 Å². The molecule has 5 atom stereocenters. The maximum Gasteiger partial charge on any atom is 0.469 e. The van der Waals surface area contributed by atoms with Crippen molar-refractivity contribution in [2.24, 2.45) is 11.8 Å². The van der Waals surface area contributed by atoms with E-state index in [1.54, 1.807) is 12.2 Å². The molecule has 0 amide bonds. The van der Waals surface area contributed by atoms with Gasteiger partial charge in [0.05, 0.1) is 18.8 Å². The van der Waals surface area contributed by atoms with Gasteiger partial charge in [-0.3, -0.25) is 18.9 Å². The predicted octanol–water partition coefficient (Wildman–Crippen LogP) is 5.32. The van der Waals surface area contributed by atoms with E-state index in [0.29, 0.717) is 25.7 Å². The summed E-state index contributed by atoms with van der Waals surface area (Å²) in [5.74, 6) is -1.58. The minimum atomic E-state index is -4.79. The third-order valence-corrected chi connectivity index (χ3v) is 8.16. The van der Waals surface area contributed by atoms with Crippen LogP contribution in [0.4, 0.5) is 0 Å². The van der Waals surface area contributed by atoms with Gasteiger partial charge in [0.25, 0.3) is 0 Å². The normalized spacial score (nSPS) is 20.4. The van der Waals surface area contributed by atoms with Gasteiger partial charge in [-0.25, -0.2) is 4.57 Å². The lowest BCUT2D eigenvalue weighted by Crippen LogP contribution is -2.29. The van der Waals surface area contributed by atoms with Gasteiger partial charge in [-0.1, -0.05) is 90.2 Å². The Morgan fingerprint density at radius 2 is 1.51 bits per heavy atom. The van der Waals surface area contributed by atoms with Gasteiger partial charge >= 0.3 is 19.8 Å². The van der Waals surface area contributed by atoms with Crippen LogP contribution < -0.4 is 0 Å². The van der Waals surface area contributed by atoms with Crippen LogP contribution in [0.15, 0.2) is 12.2 Å². The molecule has 0 saturated heterocycles. The van der Waals surface area contributed by atoms with Crippen molar-refractivity contribution in [2.45, 2.75) is 141 Å². The van der Waals surface area contributed by atoms with E-state index in [1.165, 1.54) is 0 Å². The zero-order valence-corrected chi connectivity index (χ0v) is 27.0. The fourth-order valence-electron chi connectivity index (χ4n) is 5.21. The van der Waals surface area contributed by atoms with E-state index < -0.39 is 44.7 Å². The van der Waals surface area contributed by atoms with Crippen molar-refractivity contribution in [1.82, 2.24) is 0 Å². The van der Waals surface area contributed by atoms with E-state index in [9.17, 15) is 29.2 Å². The number of carbonyl (C=O) groups is 3. The molecule has 1 saturated carbocycles. The van der Waals surface area contributed by atoms with Gasteiger partial charge in [-0.2, -0.15) is 0 Å². The Balaban J connectivity index is 2.37. The van der Waals surface area contributed by atoms with E-state index in [-0.39, 0.29) is 43.5 Å². The highest BCUT2D eigenvalue weighted by Crippen LogP contribution is 2.36. The third kappa shape index (κ3) is 19.4. The third-order valence-electron chi connectivity index (χ3n) is 7.68. The molecule has 0 spiro atoms. The van der Waals surface area contributed by atoms with Gasteiger partial charge in [0.2, 0.25) is 0 Å². The number of carbonyl (C=O) groups excluding carboxylic acids is 3.